The Labute approximate surface area is 106 Å². The molecule has 1 fully saturated rings. The molecule has 0 aromatic heterocycles. The Morgan fingerprint density at radius 3 is 3.00 bits per heavy atom. The Hall–Kier alpha value is -1.90. The van der Waals surface area contributed by atoms with Gasteiger partial charge >= 0.3 is 5.97 Å². The topological polar surface area (TPSA) is 38.7 Å². The van der Waals surface area contributed by atoms with E-state index in [0.29, 0.717) is 17.5 Å². The van der Waals surface area contributed by atoms with Gasteiger partial charge in [0.1, 0.15) is 5.70 Å². The van der Waals surface area contributed by atoms with Gasteiger partial charge in [-0.15, -0.1) is 0 Å². The Kier molecular flexibility index (Phi) is 2.74. The highest BCUT2D eigenvalue weighted by atomic mass is 16.6. The molecule has 1 aromatic rings. The van der Waals surface area contributed by atoms with Gasteiger partial charge in [-0.1, -0.05) is 19.1 Å². The lowest BCUT2D eigenvalue weighted by Gasteiger charge is -2.01. The summed E-state index contributed by atoms with van der Waals surface area (Å²) < 4.78 is 5.23. The molecule has 3 heteroatoms. The Morgan fingerprint density at radius 2 is 2.28 bits per heavy atom. The zero-order chi connectivity index (χ0) is 12.5. The van der Waals surface area contributed by atoms with Crippen LogP contribution in [0.3, 0.4) is 0 Å². The fraction of sp³-hybridized carbons (Fsp3) is 0.333. The van der Waals surface area contributed by atoms with E-state index >= 15 is 0 Å². The number of rotatable bonds is 3. The second kappa shape index (κ2) is 4.41. The first kappa shape index (κ1) is 11.2. The van der Waals surface area contributed by atoms with Crippen LogP contribution in [-0.2, 0) is 16.0 Å². The van der Waals surface area contributed by atoms with Gasteiger partial charge in [0.25, 0.3) is 0 Å². The average Bonchev–Trinajstić information content (AvgIpc) is 3.13. The number of allylic oxidation sites excluding steroid dienone is 1. The van der Waals surface area contributed by atoms with Crippen LogP contribution in [0.2, 0.25) is 0 Å². The highest BCUT2D eigenvalue weighted by molar-refractivity contribution is 6.11. The zero-order valence-corrected chi connectivity index (χ0v) is 10.3. The molecule has 2 aliphatic rings. The lowest BCUT2D eigenvalue weighted by Crippen LogP contribution is -2.05. The number of aliphatic imine (C=N–C) groups is 1. The average molecular weight is 241 g/mol. The molecule has 0 atom stereocenters. The summed E-state index contributed by atoms with van der Waals surface area (Å²) in [5.41, 5.74) is 2.56. The lowest BCUT2D eigenvalue weighted by molar-refractivity contribution is -0.130. The van der Waals surface area contributed by atoms with E-state index in [1.54, 1.807) is 0 Å². The molecule has 0 radical (unpaired) electrons. The number of carbonyl (C=O) groups is 1. The van der Waals surface area contributed by atoms with E-state index in [0.717, 1.165) is 24.8 Å². The molecule has 1 heterocycles. The van der Waals surface area contributed by atoms with Gasteiger partial charge in [-0.05, 0) is 49.0 Å². The SMILES string of the molecule is CCc1cccc(C2=N/C(=C\C3CC3)C(=O)O2)c1. The third-order valence-electron chi connectivity index (χ3n) is 3.22. The largest absolute Gasteiger partial charge is 0.402 e. The maximum absolute atomic E-state index is 11.7. The van der Waals surface area contributed by atoms with E-state index < -0.39 is 0 Å². The molecular formula is C15H15NO2. The van der Waals surface area contributed by atoms with Crippen LogP contribution in [0.1, 0.15) is 30.9 Å². The van der Waals surface area contributed by atoms with Crippen molar-refractivity contribution < 1.29 is 9.53 Å². The number of cyclic esters (lactones) is 1. The second-order valence-corrected chi connectivity index (χ2v) is 4.75. The molecule has 0 bridgehead atoms. The van der Waals surface area contributed by atoms with E-state index in [4.69, 9.17) is 4.74 Å². The first-order chi connectivity index (χ1) is 8.76. The predicted molar refractivity (Wildman–Crippen MR) is 69.3 cm³/mol. The van der Waals surface area contributed by atoms with Gasteiger partial charge in [0.15, 0.2) is 0 Å². The number of nitrogens with zero attached hydrogens (tertiary/aromatic N) is 1. The van der Waals surface area contributed by atoms with Gasteiger partial charge in [-0.2, -0.15) is 0 Å². The summed E-state index contributed by atoms with van der Waals surface area (Å²) in [7, 11) is 0. The summed E-state index contributed by atoms with van der Waals surface area (Å²) in [6, 6.07) is 7.96. The molecule has 18 heavy (non-hydrogen) atoms. The predicted octanol–water partition coefficient (Wildman–Crippen LogP) is 2.85. The van der Waals surface area contributed by atoms with E-state index in [9.17, 15) is 4.79 Å². The van der Waals surface area contributed by atoms with Crippen LogP contribution in [0.5, 0.6) is 0 Å². The van der Waals surface area contributed by atoms with Crippen molar-refractivity contribution in [2.24, 2.45) is 10.9 Å². The van der Waals surface area contributed by atoms with Crippen molar-refractivity contribution in [1.29, 1.82) is 0 Å². The Morgan fingerprint density at radius 1 is 1.44 bits per heavy atom. The Balaban J connectivity index is 1.90. The highest BCUT2D eigenvalue weighted by Crippen LogP contribution is 2.32. The molecular weight excluding hydrogens is 226 g/mol. The summed E-state index contributed by atoms with van der Waals surface area (Å²) in [4.78, 5) is 16.0. The standard InChI is InChI=1S/C15H15NO2/c1-2-10-4-3-5-12(8-10)14-16-13(15(17)18-14)9-11-6-7-11/h3-5,8-9,11H,2,6-7H2,1H3/b13-9-. The first-order valence-corrected chi connectivity index (χ1v) is 6.38. The van der Waals surface area contributed by atoms with Crippen molar-refractivity contribution in [1.82, 2.24) is 0 Å². The minimum atomic E-state index is -0.321. The molecule has 92 valence electrons. The van der Waals surface area contributed by atoms with Gasteiger partial charge in [0.2, 0.25) is 5.90 Å². The van der Waals surface area contributed by atoms with Crippen molar-refractivity contribution in [3.05, 3.63) is 47.2 Å². The number of benzene rings is 1. The molecule has 3 nitrogen and oxygen atoms in total. The summed E-state index contributed by atoms with van der Waals surface area (Å²) in [5.74, 6) is 0.638. The molecule has 1 aromatic carbocycles. The van der Waals surface area contributed by atoms with Crippen molar-refractivity contribution in [2.75, 3.05) is 0 Å². The quantitative estimate of drug-likeness (QED) is 0.603. The summed E-state index contributed by atoms with van der Waals surface area (Å²) in [6.45, 7) is 2.10. The van der Waals surface area contributed by atoms with Gasteiger partial charge in [-0.3, -0.25) is 0 Å². The molecule has 1 saturated carbocycles. The van der Waals surface area contributed by atoms with Gasteiger partial charge in [0, 0.05) is 5.56 Å². The van der Waals surface area contributed by atoms with Crippen LogP contribution in [0, 0.1) is 5.92 Å². The van der Waals surface area contributed by atoms with E-state index in [-0.39, 0.29) is 5.97 Å². The molecule has 0 saturated heterocycles. The van der Waals surface area contributed by atoms with Gasteiger partial charge in [0.05, 0.1) is 0 Å². The minimum absolute atomic E-state index is 0.321. The molecule has 3 rings (SSSR count). The molecule has 1 aliphatic heterocycles. The molecule has 0 amide bonds. The third kappa shape index (κ3) is 2.21. The second-order valence-electron chi connectivity index (χ2n) is 4.75. The Bertz CT molecular complexity index is 553. The number of esters is 1. The molecule has 0 N–H and O–H groups in total. The van der Waals surface area contributed by atoms with E-state index in [1.807, 2.05) is 24.3 Å². The summed E-state index contributed by atoms with van der Waals surface area (Å²) >= 11 is 0. The van der Waals surface area contributed by atoms with Crippen molar-refractivity contribution in [2.45, 2.75) is 26.2 Å². The lowest BCUT2D eigenvalue weighted by atomic mass is 10.1. The van der Waals surface area contributed by atoms with Crippen LogP contribution >= 0.6 is 0 Å². The molecule has 1 aliphatic carbocycles. The fourth-order valence-corrected chi connectivity index (χ4v) is 1.96. The number of carbonyl (C=O) groups excluding carboxylic acids is 1. The molecule has 0 spiro atoms. The monoisotopic (exact) mass is 241 g/mol. The minimum Gasteiger partial charge on any atom is -0.402 e. The zero-order valence-electron chi connectivity index (χ0n) is 10.3. The maximum Gasteiger partial charge on any atom is 0.363 e. The fourth-order valence-electron chi connectivity index (χ4n) is 1.96. The van der Waals surface area contributed by atoms with Crippen LogP contribution in [0.4, 0.5) is 0 Å². The van der Waals surface area contributed by atoms with Crippen LogP contribution in [0.25, 0.3) is 0 Å². The van der Waals surface area contributed by atoms with Crippen molar-refractivity contribution in [3.8, 4) is 0 Å². The number of hydrogen-bond donors (Lipinski definition) is 0. The van der Waals surface area contributed by atoms with E-state index in [2.05, 4.69) is 18.0 Å². The van der Waals surface area contributed by atoms with E-state index in [1.165, 1.54) is 5.56 Å². The molecule has 0 unspecified atom stereocenters. The van der Waals surface area contributed by atoms with Gasteiger partial charge in [-0.25, -0.2) is 9.79 Å². The van der Waals surface area contributed by atoms with Crippen LogP contribution in [0.15, 0.2) is 41.0 Å². The third-order valence-corrected chi connectivity index (χ3v) is 3.22. The van der Waals surface area contributed by atoms with Crippen molar-refractivity contribution in [3.63, 3.8) is 0 Å². The summed E-state index contributed by atoms with van der Waals surface area (Å²) in [6.07, 6.45) is 5.21. The van der Waals surface area contributed by atoms with Crippen LogP contribution in [-0.4, -0.2) is 11.9 Å². The van der Waals surface area contributed by atoms with Crippen molar-refractivity contribution >= 4 is 11.9 Å². The highest BCUT2D eigenvalue weighted by Gasteiger charge is 2.28. The smallest absolute Gasteiger partial charge is 0.363 e. The van der Waals surface area contributed by atoms with Crippen LogP contribution < -0.4 is 0 Å². The number of aryl methyl sites for hydroxylation is 1. The number of hydrogen-bond acceptors (Lipinski definition) is 3. The number of ether oxygens (including phenoxy) is 1. The first-order valence-electron chi connectivity index (χ1n) is 6.38. The summed E-state index contributed by atoms with van der Waals surface area (Å²) in [5, 5.41) is 0. The van der Waals surface area contributed by atoms with Gasteiger partial charge < -0.3 is 4.74 Å². The normalized spacial score (nSPS) is 21.1. The maximum atomic E-state index is 11.7.